The Morgan fingerprint density at radius 2 is 1.86 bits per heavy atom. The Bertz CT molecular complexity index is 823. The fourth-order valence-electron chi connectivity index (χ4n) is 5.41. The van der Waals surface area contributed by atoms with Crippen molar-refractivity contribution in [2.45, 2.75) is 68.9 Å². The molecule has 3 fully saturated rings. The fourth-order valence-corrected chi connectivity index (χ4v) is 7.48. The summed E-state index contributed by atoms with van der Waals surface area (Å²) in [5, 5.41) is 10.3. The van der Waals surface area contributed by atoms with Crippen LogP contribution in [-0.2, 0) is 10.0 Å². The van der Waals surface area contributed by atoms with Gasteiger partial charge in [-0.05, 0) is 81.5 Å². The highest BCUT2D eigenvalue weighted by molar-refractivity contribution is 7.89. The molecule has 2 aliphatic heterocycles. The highest BCUT2D eigenvalue weighted by Gasteiger charge is 2.46. The van der Waals surface area contributed by atoms with Crippen LogP contribution < -0.4 is 0 Å². The molecule has 156 valence electrons. The standard InChI is InChI=1S/C21H31ClN2O3S/c1-16-19(22)4-2-5-20(16)28(26,27)24-12-3-10-21(15-24)11-13-23(14-21)17-6-8-18(25)9-7-17/h2,4-5,17-18,25H,3,6-15H2,1H3/t17-,18+,21?. The Morgan fingerprint density at radius 1 is 1.11 bits per heavy atom. The average molecular weight is 427 g/mol. The first-order valence-electron chi connectivity index (χ1n) is 10.5. The Kier molecular flexibility index (Phi) is 5.80. The Balaban J connectivity index is 1.49. The van der Waals surface area contributed by atoms with Crippen LogP contribution in [0.15, 0.2) is 23.1 Å². The third kappa shape index (κ3) is 3.86. The van der Waals surface area contributed by atoms with Gasteiger partial charge < -0.3 is 5.11 Å². The van der Waals surface area contributed by atoms with Gasteiger partial charge in [-0.15, -0.1) is 0 Å². The molecule has 0 amide bonds. The second-order valence-electron chi connectivity index (χ2n) is 8.99. The summed E-state index contributed by atoms with van der Waals surface area (Å²) < 4.78 is 28.4. The highest BCUT2D eigenvalue weighted by atomic mass is 35.5. The van der Waals surface area contributed by atoms with Gasteiger partial charge >= 0.3 is 0 Å². The zero-order valence-electron chi connectivity index (χ0n) is 16.6. The first-order chi connectivity index (χ1) is 13.3. The molecule has 2 saturated heterocycles. The molecule has 0 radical (unpaired) electrons. The molecule has 1 unspecified atom stereocenters. The van der Waals surface area contributed by atoms with Gasteiger partial charge in [0.1, 0.15) is 0 Å². The van der Waals surface area contributed by atoms with Crippen molar-refractivity contribution in [1.82, 2.24) is 9.21 Å². The number of likely N-dealkylation sites (tertiary alicyclic amines) is 1. The molecule has 1 spiro atoms. The van der Waals surface area contributed by atoms with E-state index in [9.17, 15) is 13.5 Å². The van der Waals surface area contributed by atoms with Crippen LogP contribution >= 0.6 is 11.6 Å². The molecule has 1 aromatic rings. The number of hydrogen-bond donors (Lipinski definition) is 1. The number of aliphatic hydroxyl groups is 1. The van der Waals surface area contributed by atoms with Crippen molar-refractivity contribution in [3.63, 3.8) is 0 Å². The maximum Gasteiger partial charge on any atom is 0.243 e. The van der Waals surface area contributed by atoms with Crippen molar-refractivity contribution >= 4 is 21.6 Å². The summed E-state index contributed by atoms with van der Waals surface area (Å²) in [6.07, 6.45) is 6.83. The summed E-state index contributed by atoms with van der Waals surface area (Å²) in [5.74, 6) is 0. The SMILES string of the molecule is Cc1c(Cl)cccc1S(=O)(=O)N1CCCC2(CCN([C@H]3CC[C@@H](O)CC3)C2)C1. The Morgan fingerprint density at radius 3 is 2.61 bits per heavy atom. The molecule has 4 rings (SSSR count). The monoisotopic (exact) mass is 426 g/mol. The minimum atomic E-state index is -3.53. The van der Waals surface area contributed by atoms with Crippen molar-refractivity contribution in [3.8, 4) is 0 Å². The van der Waals surface area contributed by atoms with Crippen molar-refractivity contribution in [3.05, 3.63) is 28.8 Å². The van der Waals surface area contributed by atoms with E-state index in [1.165, 1.54) is 0 Å². The van der Waals surface area contributed by atoms with Gasteiger partial charge in [0.05, 0.1) is 11.0 Å². The van der Waals surface area contributed by atoms with Gasteiger partial charge in [-0.2, -0.15) is 4.31 Å². The lowest BCUT2D eigenvalue weighted by Gasteiger charge is -2.41. The first-order valence-corrected chi connectivity index (χ1v) is 12.3. The van der Waals surface area contributed by atoms with Gasteiger partial charge in [0, 0.05) is 30.7 Å². The topological polar surface area (TPSA) is 60.9 Å². The number of piperidine rings is 1. The molecule has 1 aliphatic carbocycles. The molecular formula is C21H31ClN2O3S. The van der Waals surface area contributed by atoms with Crippen LogP contribution in [0.5, 0.6) is 0 Å². The minimum Gasteiger partial charge on any atom is -0.393 e. The number of benzene rings is 1. The van der Waals surface area contributed by atoms with Crippen LogP contribution in [-0.4, -0.2) is 61.1 Å². The van der Waals surface area contributed by atoms with E-state index in [0.29, 0.717) is 34.6 Å². The van der Waals surface area contributed by atoms with Crippen LogP contribution in [0.3, 0.4) is 0 Å². The summed E-state index contributed by atoms with van der Waals surface area (Å²) in [4.78, 5) is 2.90. The summed E-state index contributed by atoms with van der Waals surface area (Å²) >= 11 is 6.19. The average Bonchev–Trinajstić information content (AvgIpc) is 3.07. The molecule has 0 bridgehead atoms. The Labute approximate surface area is 173 Å². The quantitative estimate of drug-likeness (QED) is 0.804. The van der Waals surface area contributed by atoms with Gasteiger partial charge in [0.15, 0.2) is 0 Å². The van der Waals surface area contributed by atoms with E-state index in [1.54, 1.807) is 29.4 Å². The molecule has 2 heterocycles. The second-order valence-corrected chi connectivity index (χ2v) is 11.3. The molecule has 5 nitrogen and oxygen atoms in total. The van der Waals surface area contributed by atoms with Crippen molar-refractivity contribution in [2.24, 2.45) is 5.41 Å². The van der Waals surface area contributed by atoms with Crippen molar-refractivity contribution in [2.75, 3.05) is 26.2 Å². The van der Waals surface area contributed by atoms with E-state index < -0.39 is 10.0 Å². The molecule has 0 aromatic heterocycles. The van der Waals surface area contributed by atoms with E-state index in [2.05, 4.69) is 4.90 Å². The largest absolute Gasteiger partial charge is 0.393 e. The number of halogens is 1. The molecule has 1 atom stereocenters. The maximum absolute atomic E-state index is 13.3. The van der Waals surface area contributed by atoms with E-state index >= 15 is 0 Å². The molecule has 1 saturated carbocycles. The van der Waals surface area contributed by atoms with E-state index in [4.69, 9.17) is 11.6 Å². The molecule has 1 N–H and O–H groups in total. The third-order valence-electron chi connectivity index (χ3n) is 7.11. The van der Waals surface area contributed by atoms with Gasteiger partial charge in [-0.25, -0.2) is 8.42 Å². The number of hydrogen-bond acceptors (Lipinski definition) is 4. The highest BCUT2D eigenvalue weighted by Crippen LogP contribution is 2.42. The molecule has 3 aliphatic rings. The van der Waals surface area contributed by atoms with E-state index in [1.807, 2.05) is 0 Å². The summed E-state index contributed by atoms with van der Waals surface area (Å²) in [5.41, 5.74) is 0.700. The smallest absolute Gasteiger partial charge is 0.243 e. The molecular weight excluding hydrogens is 396 g/mol. The second kappa shape index (κ2) is 7.88. The summed E-state index contributed by atoms with van der Waals surface area (Å²) in [6, 6.07) is 5.68. The number of rotatable bonds is 3. The molecule has 1 aromatic carbocycles. The Hall–Kier alpha value is -0.660. The van der Waals surface area contributed by atoms with Crippen LogP contribution in [0, 0.1) is 12.3 Å². The predicted molar refractivity (Wildman–Crippen MR) is 111 cm³/mol. The zero-order chi connectivity index (χ0) is 19.9. The van der Waals surface area contributed by atoms with Crippen LogP contribution in [0.4, 0.5) is 0 Å². The maximum atomic E-state index is 13.3. The zero-order valence-corrected chi connectivity index (χ0v) is 18.2. The van der Waals surface area contributed by atoms with Crippen LogP contribution in [0.1, 0.15) is 50.5 Å². The number of sulfonamides is 1. The summed E-state index contributed by atoms with van der Waals surface area (Å²) in [6.45, 7) is 5.00. The lowest BCUT2D eigenvalue weighted by molar-refractivity contribution is 0.0721. The van der Waals surface area contributed by atoms with Gasteiger partial charge in [-0.1, -0.05) is 17.7 Å². The predicted octanol–water partition coefficient (Wildman–Crippen LogP) is 3.43. The number of nitrogens with zero attached hydrogens (tertiary/aromatic N) is 2. The minimum absolute atomic E-state index is 0.0634. The van der Waals surface area contributed by atoms with Crippen molar-refractivity contribution < 1.29 is 13.5 Å². The normalized spacial score (nSPS) is 32.8. The van der Waals surface area contributed by atoms with E-state index in [0.717, 1.165) is 58.0 Å². The number of aliphatic hydroxyl groups excluding tert-OH is 1. The third-order valence-corrected chi connectivity index (χ3v) is 9.51. The summed E-state index contributed by atoms with van der Waals surface area (Å²) in [7, 11) is -3.53. The van der Waals surface area contributed by atoms with E-state index in [-0.39, 0.29) is 11.5 Å². The van der Waals surface area contributed by atoms with Crippen molar-refractivity contribution in [1.29, 1.82) is 0 Å². The first kappa shape index (κ1) is 20.6. The fraction of sp³-hybridized carbons (Fsp3) is 0.714. The lowest BCUT2D eigenvalue weighted by Crippen LogP contribution is -2.48. The molecule has 7 heteroatoms. The van der Waals surface area contributed by atoms with Gasteiger partial charge in [-0.3, -0.25) is 4.90 Å². The van der Waals surface area contributed by atoms with Crippen LogP contribution in [0.25, 0.3) is 0 Å². The molecule has 28 heavy (non-hydrogen) atoms. The van der Waals surface area contributed by atoms with Gasteiger partial charge in [0.25, 0.3) is 0 Å². The lowest BCUT2D eigenvalue weighted by atomic mass is 9.80. The van der Waals surface area contributed by atoms with Crippen LogP contribution in [0.2, 0.25) is 5.02 Å². The van der Waals surface area contributed by atoms with Gasteiger partial charge in [0.2, 0.25) is 10.0 Å².